The number of alkyl halides is 3. The number of benzene rings is 2. The topological polar surface area (TPSA) is 46.3 Å². The second-order valence-electron chi connectivity index (χ2n) is 9.12. The van der Waals surface area contributed by atoms with E-state index in [0.29, 0.717) is 35.5 Å². The van der Waals surface area contributed by atoms with Gasteiger partial charge in [-0.15, -0.1) is 10.2 Å². The second-order valence-corrected chi connectivity index (χ2v) is 9.12. The molecular weight excluding hydrogens is 434 g/mol. The smallest absolute Gasteiger partial charge is 0.325 e. The number of hydrogen-bond donors (Lipinski definition) is 0. The average Bonchev–Trinajstić information content (AvgIpc) is 3.25. The average molecular weight is 457 g/mol. The maximum Gasteiger partial charge on any atom is 0.393 e. The molecule has 0 aliphatic carbocycles. The van der Waals surface area contributed by atoms with Gasteiger partial charge in [-0.1, -0.05) is 32.0 Å². The highest BCUT2D eigenvalue weighted by molar-refractivity contribution is 5.94. The molecule has 5 rings (SSSR count). The van der Waals surface area contributed by atoms with Gasteiger partial charge in [0.1, 0.15) is 18.0 Å². The third kappa shape index (κ3) is 3.59. The maximum atomic E-state index is 15.0. The van der Waals surface area contributed by atoms with Crippen LogP contribution in [-0.2, 0) is 12.8 Å². The molecule has 9 heteroatoms. The molecule has 1 aliphatic rings. The van der Waals surface area contributed by atoms with Gasteiger partial charge in [0.2, 0.25) is 0 Å². The molecule has 0 fully saturated rings. The number of halogens is 4. The van der Waals surface area contributed by atoms with Crippen LogP contribution in [0, 0.1) is 11.2 Å². The summed E-state index contributed by atoms with van der Waals surface area (Å²) in [5, 5.41) is 8.33. The van der Waals surface area contributed by atoms with E-state index >= 15 is 4.39 Å². The van der Waals surface area contributed by atoms with E-state index in [1.54, 1.807) is 16.5 Å². The Hall–Kier alpha value is -3.23. The number of aromatic nitrogens is 4. The normalized spacial score (nSPS) is 14.8. The Balaban J connectivity index is 1.60. The molecule has 2 aromatic carbocycles. The van der Waals surface area contributed by atoms with Crippen molar-refractivity contribution < 1.29 is 17.6 Å². The molecule has 172 valence electrons. The summed E-state index contributed by atoms with van der Waals surface area (Å²) in [6.45, 7) is 3.09. The number of anilines is 2. The molecule has 5 nitrogen and oxygen atoms in total. The van der Waals surface area contributed by atoms with Crippen molar-refractivity contribution >= 4 is 28.2 Å². The van der Waals surface area contributed by atoms with Gasteiger partial charge in [0, 0.05) is 12.2 Å². The van der Waals surface area contributed by atoms with E-state index in [2.05, 4.69) is 15.2 Å². The van der Waals surface area contributed by atoms with Crippen LogP contribution in [0.25, 0.3) is 16.7 Å². The van der Waals surface area contributed by atoms with Crippen LogP contribution in [0.3, 0.4) is 0 Å². The summed E-state index contributed by atoms with van der Waals surface area (Å²) in [7, 11) is 0. The Morgan fingerprint density at radius 2 is 1.85 bits per heavy atom. The van der Waals surface area contributed by atoms with Crippen LogP contribution < -0.4 is 4.90 Å². The Morgan fingerprint density at radius 3 is 2.64 bits per heavy atom. The number of hydrogen-bond acceptors (Lipinski definition) is 4. The van der Waals surface area contributed by atoms with Gasteiger partial charge in [0.05, 0.1) is 16.3 Å². The minimum absolute atomic E-state index is 0.00549. The molecule has 0 unspecified atom stereocenters. The molecule has 0 radical (unpaired) electrons. The van der Waals surface area contributed by atoms with E-state index in [-0.39, 0.29) is 6.42 Å². The van der Waals surface area contributed by atoms with Crippen molar-refractivity contribution in [2.75, 3.05) is 11.4 Å². The maximum absolute atomic E-state index is 15.0. The zero-order valence-corrected chi connectivity index (χ0v) is 18.3. The fourth-order valence-electron chi connectivity index (χ4n) is 4.50. The van der Waals surface area contributed by atoms with Crippen molar-refractivity contribution in [3.8, 4) is 0 Å². The molecule has 33 heavy (non-hydrogen) atoms. The zero-order valence-electron chi connectivity index (χ0n) is 18.3. The SMILES string of the molecule is CC(C)(CCc1cccc2c1CCCN2c1nc2nncn2c2cccc(F)c12)C(F)(F)F. The van der Waals surface area contributed by atoms with Gasteiger partial charge < -0.3 is 4.90 Å². The highest BCUT2D eigenvalue weighted by Gasteiger charge is 2.46. The highest BCUT2D eigenvalue weighted by atomic mass is 19.4. The fourth-order valence-corrected chi connectivity index (χ4v) is 4.50. The first-order valence-corrected chi connectivity index (χ1v) is 10.9. The van der Waals surface area contributed by atoms with Gasteiger partial charge in [-0.05, 0) is 55.0 Å². The molecule has 0 N–H and O–H groups in total. The van der Waals surface area contributed by atoms with E-state index in [0.717, 1.165) is 29.7 Å². The van der Waals surface area contributed by atoms with Crippen molar-refractivity contribution in [1.29, 1.82) is 0 Å². The Kier molecular flexibility index (Phi) is 5.02. The lowest BCUT2D eigenvalue weighted by molar-refractivity contribution is -0.213. The lowest BCUT2D eigenvalue weighted by Crippen LogP contribution is -2.32. The largest absolute Gasteiger partial charge is 0.393 e. The van der Waals surface area contributed by atoms with Crippen molar-refractivity contribution in [3.63, 3.8) is 0 Å². The first-order valence-electron chi connectivity index (χ1n) is 10.9. The van der Waals surface area contributed by atoms with Crippen molar-refractivity contribution in [3.05, 3.63) is 59.7 Å². The van der Waals surface area contributed by atoms with Crippen LogP contribution in [0.2, 0.25) is 0 Å². The quantitative estimate of drug-likeness (QED) is 0.352. The zero-order chi connectivity index (χ0) is 23.4. The van der Waals surface area contributed by atoms with Gasteiger partial charge in [0.25, 0.3) is 5.78 Å². The lowest BCUT2D eigenvalue weighted by atomic mass is 9.83. The summed E-state index contributed by atoms with van der Waals surface area (Å²) < 4.78 is 56.8. The number of rotatable bonds is 4. The summed E-state index contributed by atoms with van der Waals surface area (Å²) in [5.41, 5.74) is 1.57. The van der Waals surface area contributed by atoms with Gasteiger partial charge in [-0.3, -0.25) is 4.40 Å². The highest BCUT2D eigenvalue weighted by Crippen LogP contribution is 2.43. The molecule has 0 spiro atoms. The third-order valence-corrected chi connectivity index (χ3v) is 6.60. The van der Waals surface area contributed by atoms with Gasteiger partial charge in [0.15, 0.2) is 0 Å². The van der Waals surface area contributed by atoms with Crippen LogP contribution in [0.1, 0.15) is 37.8 Å². The van der Waals surface area contributed by atoms with Crippen LogP contribution >= 0.6 is 0 Å². The molecule has 0 amide bonds. The van der Waals surface area contributed by atoms with E-state index in [1.807, 2.05) is 23.1 Å². The van der Waals surface area contributed by atoms with Crippen LogP contribution in [0.15, 0.2) is 42.7 Å². The molecule has 0 saturated carbocycles. The fraction of sp³-hybridized carbons (Fsp3) is 0.375. The first kappa shape index (κ1) is 21.6. The summed E-state index contributed by atoms with van der Waals surface area (Å²) >= 11 is 0. The number of aryl methyl sites for hydroxylation is 1. The standard InChI is InChI=1S/C24H23F4N5/c1-23(2,24(26,27)28)12-11-15-6-3-9-18-16(15)7-5-13-32(18)21-20-17(25)8-4-10-19(20)33-14-29-31-22(33)30-21/h3-4,6,8-10,14H,5,7,11-13H2,1-2H3. The molecule has 4 aromatic rings. The second kappa shape index (κ2) is 7.67. The predicted molar refractivity (Wildman–Crippen MR) is 118 cm³/mol. The molecule has 3 heterocycles. The van der Waals surface area contributed by atoms with Crippen molar-refractivity contribution in [1.82, 2.24) is 19.6 Å². The predicted octanol–water partition coefficient (Wildman–Crippen LogP) is 6.02. The van der Waals surface area contributed by atoms with E-state index < -0.39 is 17.4 Å². The summed E-state index contributed by atoms with van der Waals surface area (Å²) in [6.07, 6.45) is -0.922. The van der Waals surface area contributed by atoms with Crippen molar-refractivity contribution in [2.24, 2.45) is 5.41 Å². The Labute approximate surface area is 188 Å². The summed E-state index contributed by atoms with van der Waals surface area (Å²) in [6, 6.07) is 10.5. The number of nitrogens with zero attached hydrogens (tertiary/aromatic N) is 5. The third-order valence-electron chi connectivity index (χ3n) is 6.60. The van der Waals surface area contributed by atoms with Crippen molar-refractivity contribution in [2.45, 2.75) is 45.7 Å². The van der Waals surface area contributed by atoms with Gasteiger partial charge >= 0.3 is 6.18 Å². The van der Waals surface area contributed by atoms with Crippen LogP contribution in [-0.4, -0.2) is 32.3 Å². The lowest BCUT2D eigenvalue weighted by Gasteiger charge is -2.33. The minimum atomic E-state index is -4.26. The molecule has 0 bridgehead atoms. The molecular formula is C24H23F4N5. The van der Waals surface area contributed by atoms with E-state index in [1.165, 1.54) is 26.2 Å². The first-order chi connectivity index (χ1) is 15.7. The summed E-state index contributed by atoms with van der Waals surface area (Å²) in [4.78, 5) is 6.58. The van der Waals surface area contributed by atoms with Crippen LogP contribution in [0.4, 0.5) is 29.1 Å². The molecule has 0 saturated heterocycles. The number of fused-ring (bicyclic) bond motifs is 4. The molecule has 0 atom stereocenters. The van der Waals surface area contributed by atoms with E-state index in [4.69, 9.17) is 0 Å². The minimum Gasteiger partial charge on any atom is -0.325 e. The Morgan fingerprint density at radius 1 is 1.06 bits per heavy atom. The van der Waals surface area contributed by atoms with Gasteiger partial charge in [-0.2, -0.15) is 18.2 Å². The Bertz CT molecular complexity index is 1340. The van der Waals surface area contributed by atoms with Crippen LogP contribution in [0.5, 0.6) is 0 Å². The molecule has 2 aromatic heterocycles. The van der Waals surface area contributed by atoms with Gasteiger partial charge in [-0.25, -0.2) is 4.39 Å². The summed E-state index contributed by atoms with van der Waals surface area (Å²) in [5.74, 6) is 0.399. The van der Waals surface area contributed by atoms with E-state index in [9.17, 15) is 13.2 Å². The monoisotopic (exact) mass is 457 g/mol. The molecule has 1 aliphatic heterocycles.